The third-order valence-corrected chi connectivity index (χ3v) is 8.92. The Morgan fingerprint density at radius 1 is 0.349 bits per heavy atom. The Bertz CT molecular complexity index is 2240. The summed E-state index contributed by atoms with van der Waals surface area (Å²) in [6.45, 7) is 0. The molecule has 0 bridgehead atoms. The average molecular weight is 549 g/mol. The summed E-state index contributed by atoms with van der Waals surface area (Å²) in [7, 11) is 0. The number of hydrogen-bond acceptors (Lipinski definition) is 0. The van der Waals surface area contributed by atoms with Crippen molar-refractivity contribution in [1.82, 2.24) is 0 Å². The standard InChI is InChI=1S/C43H32/c1-4-14-30(15-5-1)34-26-27-36(32-17-6-2-7-18-32)41(29-34)43-39-21-9-3-8-20-37(39)42(38-22-12-13-23-40(38)43)35-25-24-31-16-10-11-19-33(31)28-35/h1-2,4-7,10-29H,3,8-9H2. The molecule has 1 aliphatic carbocycles. The molecule has 0 saturated heterocycles. The first kappa shape index (κ1) is 25.5. The fraction of sp³-hybridized carbons (Fsp3) is 0.0698. The van der Waals surface area contributed by atoms with Crippen LogP contribution in [-0.4, -0.2) is 0 Å². The van der Waals surface area contributed by atoms with Crippen LogP contribution in [0.1, 0.15) is 19.3 Å². The van der Waals surface area contributed by atoms with Crippen LogP contribution in [-0.2, 0) is 0 Å². The lowest BCUT2D eigenvalue weighted by Crippen LogP contribution is -2.29. The second kappa shape index (κ2) is 10.9. The van der Waals surface area contributed by atoms with E-state index in [-0.39, 0.29) is 0 Å². The maximum atomic E-state index is 2.51. The van der Waals surface area contributed by atoms with Crippen LogP contribution in [0, 0.1) is 0 Å². The molecule has 8 rings (SSSR count). The van der Waals surface area contributed by atoms with Gasteiger partial charge in [-0.1, -0.05) is 146 Å². The van der Waals surface area contributed by atoms with Gasteiger partial charge in [-0.05, 0) is 108 Å². The molecule has 0 aliphatic heterocycles. The molecule has 0 spiro atoms. The van der Waals surface area contributed by atoms with Crippen LogP contribution in [0.15, 0.2) is 146 Å². The van der Waals surface area contributed by atoms with Crippen LogP contribution in [0.5, 0.6) is 0 Å². The zero-order valence-electron chi connectivity index (χ0n) is 24.1. The summed E-state index contributed by atoms with van der Waals surface area (Å²) in [6.07, 6.45) is 8.33. The quantitative estimate of drug-likeness (QED) is 0.205. The molecule has 7 aromatic carbocycles. The van der Waals surface area contributed by atoms with Crippen molar-refractivity contribution in [1.29, 1.82) is 0 Å². The van der Waals surface area contributed by atoms with E-state index < -0.39 is 0 Å². The van der Waals surface area contributed by atoms with E-state index in [1.807, 2.05) is 0 Å². The van der Waals surface area contributed by atoms with Crippen LogP contribution in [0.3, 0.4) is 0 Å². The molecule has 7 aromatic rings. The van der Waals surface area contributed by atoms with Crippen molar-refractivity contribution in [2.45, 2.75) is 19.3 Å². The SMILES string of the molecule is C1=c2c(-c3ccc4ccccc4c3)c3ccccc3c(-c3cc(-c4ccccc4)ccc3-c3ccccc3)c2=CCCC1. The summed E-state index contributed by atoms with van der Waals surface area (Å²) in [4.78, 5) is 0. The van der Waals surface area contributed by atoms with E-state index in [9.17, 15) is 0 Å². The van der Waals surface area contributed by atoms with E-state index >= 15 is 0 Å². The lowest BCUT2D eigenvalue weighted by atomic mass is 9.84. The Labute approximate surface area is 252 Å². The van der Waals surface area contributed by atoms with Crippen LogP contribution in [0.4, 0.5) is 0 Å². The van der Waals surface area contributed by atoms with Crippen molar-refractivity contribution >= 4 is 33.7 Å². The average Bonchev–Trinajstić information content (AvgIpc) is 3.33. The summed E-state index contributed by atoms with van der Waals surface area (Å²) >= 11 is 0. The Balaban J connectivity index is 1.51. The molecule has 0 fully saturated rings. The second-order valence-electron chi connectivity index (χ2n) is 11.5. The molecule has 0 heterocycles. The third-order valence-electron chi connectivity index (χ3n) is 8.92. The van der Waals surface area contributed by atoms with E-state index in [2.05, 4.69) is 158 Å². The Morgan fingerprint density at radius 3 is 1.67 bits per heavy atom. The minimum absolute atomic E-state index is 1.07. The first-order valence-corrected chi connectivity index (χ1v) is 15.3. The van der Waals surface area contributed by atoms with Crippen LogP contribution >= 0.6 is 0 Å². The Hall–Kier alpha value is -5.20. The summed E-state index contributed by atoms with van der Waals surface area (Å²) in [5.74, 6) is 0. The lowest BCUT2D eigenvalue weighted by Gasteiger charge is -2.19. The summed E-state index contributed by atoms with van der Waals surface area (Å²) in [5.41, 5.74) is 10.2. The van der Waals surface area contributed by atoms with E-state index in [0.29, 0.717) is 0 Å². The molecule has 0 saturated carbocycles. The van der Waals surface area contributed by atoms with E-state index in [1.54, 1.807) is 0 Å². The van der Waals surface area contributed by atoms with E-state index in [1.165, 1.54) is 76.5 Å². The first-order valence-electron chi connectivity index (χ1n) is 15.3. The van der Waals surface area contributed by atoms with Crippen molar-refractivity contribution < 1.29 is 0 Å². The van der Waals surface area contributed by atoms with Gasteiger partial charge in [0.2, 0.25) is 0 Å². The zero-order chi connectivity index (χ0) is 28.6. The molecule has 0 aromatic heterocycles. The van der Waals surface area contributed by atoms with Gasteiger partial charge in [-0.25, -0.2) is 0 Å². The largest absolute Gasteiger partial charge is 0.0760 e. The van der Waals surface area contributed by atoms with Crippen molar-refractivity contribution in [3.8, 4) is 44.5 Å². The minimum Gasteiger partial charge on any atom is -0.0760 e. The van der Waals surface area contributed by atoms with Crippen molar-refractivity contribution in [3.63, 3.8) is 0 Å². The van der Waals surface area contributed by atoms with Gasteiger partial charge in [0.05, 0.1) is 0 Å². The van der Waals surface area contributed by atoms with Gasteiger partial charge in [0, 0.05) is 0 Å². The Morgan fingerprint density at radius 2 is 0.930 bits per heavy atom. The molecule has 0 unspecified atom stereocenters. The fourth-order valence-corrected chi connectivity index (χ4v) is 6.89. The van der Waals surface area contributed by atoms with Gasteiger partial charge in [-0.3, -0.25) is 0 Å². The molecule has 0 amide bonds. The van der Waals surface area contributed by atoms with Crippen LogP contribution < -0.4 is 10.4 Å². The van der Waals surface area contributed by atoms with Crippen molar-refractivity contribution in [3.05, 3.63) is 156 Å². The van der Waals surface area contributed by atoms with Gasteiger partial charge in [0.25, 0.3) is 0 Å². The molecule has 43 heavy (non-hydrogen) atoms. The molecule has 204 valence electrons. The van der Waals surface area contributed by atoms with E-state index in [4.69, 9.17) is 0 Å². The summed E-state index contributed by atoms with van der Waals surface area (Å²) in [5, 5.41) is 7.90. The number of fused-ring (bicyclic) bond motifs is 3. The predicted molar refractivity (Wildman–Crippen MR) is 185 cm³/mol. The molecule has 0 radical (unpaired) electrons. The third kappa shape index (κ3) is 4.57. The van der Waals surface area contributed by atoms with Gasteiger partial charge in [0.15, 0.2) is 0 Å². The Kier molecular flexibility index (Phi) is 6.46. The molecular formula is C43H32. The van der Waals surface area contributed by atoms with Crippen LogP contribution in [0.25, 0.3) is 78.2 Å². The highest BCUT2D eigenvalue weighted by molar-refractivity contribution is 6.08. The zero-order valence-corrected chi connectivity index (χ0v) is 24.1. The second-order valence-corrected chi connectivity index (χ2v) is 11.5. The highest BCUT2D eigenvalue weighted by Crippen LogP contribution is 2.39. The summed E-state index contributed by atoms with van der Waals surface area (Å²) in [6, 6.07) is 53.4. The highest BCUT2D eigenvalue weighted by Gasteiger charge is 2.19. The normalized spacial score (nSPS) is 12.7. The molecule has 0 atom stereocenters. The number of benzene rings is 7. The predicted octanol–water partition coefficient (Wildman–Crippen LogP) is 10.4. The fourth-order valence-electron chi connectivity index (χ4n) is 6.89. The van der Waals surface area contributed by atoms with Crippen molar-refractivity contribution in [2.75, 3.05) is 0 Å². The van der Waals surface area contributed by atoms with Gasteiger partial charge >= 0.3 is 0 Å². The molecule has 0 heteroatoms. The smallest absolute Gasteiger partial charge is 0.00232 e. The minimum atomic E-state index is 1.07. The van der Waals surface area contributed by atoms with E-state index in [0.717, 1.165) is 19.3 Å². The number of rotatable bonds is 4. The number of hydrogen-bond donors (Lipinski definition) is 0. The van der Waals surface area contributed by atoms with Crippen LogP contribution in [0.2, 0.25) is 0 Å². The van der Waals surface area contributed by atoms with Gasteiger partial charge in [0.1, 0.15) is 0 Å². The van der Waals surface area contributed by atoms with Crippen molar-refractivity contribution in [2.24, 2.45) is 0 Å². The lowest BCUT2D eigenvalue weighted by molar-refractivity contribution is 0.925. The van der Waals surface area contributed by atoms with Gasteiger partial charge in [-0.15, -0.1) is 0 Å². The highest BCUT2D eigenvalue weighted by atomic mass is 14.2. The molecule has 1 aliphatic rings. The molecule has 0 N–H and O–H groups in total. The monoisotopic (exact) mass is 548 g/mol. The summed E-state index contributed by atoms with van der Waals surface area (Å²) < 4.78 is 0. The molecular weight excluding hydrogens is 516 g/mol. The first-order chi connectivity index (χ1) is 21.3. The van der Waals surface area contributed by atoms with Gasteiger partial charge in [-0.2, -0.15) is 0 Å². The topological polar surface area (TPSA) is 0 Å². The molecule has 0 nitrogen and oxygen atoms in total. The maximum Gasteiger partial charge on any atom is -0.00232 e. The van der Waals surface area contributed by atoms with Gasteiger partial charge < -0.3 is 0 Å². The maximum absolute atomic E-state index is 2.51.